The summed E-state index contributed by atoms with van der Waals surface area (Å²) in [6.45, 7) is 4.07. The summed E-state index contributed by atoms with van der Waals surface area (Å²) in [4.78, 5) is 15.8. The van der Waals surface area contributed by atoms with Gasteiger partial charge in [0.15, 0.2) is 0 Å². The molecule has 0 spiro atoms. The van der Waals surface area contributed by atoms with Gasteiger partial charge in [-0.2, -0.15) is 0 Å². The van der Waals surface area contributed by atoms with E-state index in [-0.39, 0.29) is 0 Å². The van der Waals surface area contributed by atoms with Crippen molar-refractivity contribution in [2.45, 2.75) is 38.8 Å². The number of hydrogen-bond donors (Lipinski definition) is 2. The van der Waals surface area contributed by atoms with Gasteiger partial charge in [-0.25, -0.2) is 4.98 Å². The minimum absolute atomic E-state index is 0.405. The van der Waals surface area contributed by atoms with Gasteiger partial charge in [0, 0.05) is 18.9 Å². The lowest BCUT2D eigenvalue weighted by Gasteiger charge is -2.25. The first-order valence-corrected chi connectivity index (χ1v) is 6.94. The van der Waals surface area contributed by atoms with E-state index in [2.05, 4.69) is 10.3 Å². The summed E-state index contributed by atoms with van der Waals surface area (Å²) in [5.41, 5.74) is 0.650. The van der Waals surface area contributed by atoms with Gasteiger partial charge in [0.2, 0.25) is 0 Å². The zero-order valence-corrected chi connectivity index (χ0v) is 12.3. The maximum absolute atomic E-state index is 11.3. The van der Waals surface area contributed by atoms with Gasteiger partial charge in [-0.05, 0) is 25.5 Å². The molecule has 20 heavy (non-hydrogen) atoms. The van der Waals surface area contributed by atoms with Crippen molar-refractivity contribution in [3.05, 3.63) is 35.2 Å². The van der Waals surface area contributed by atoms with Crippen molar-refractivity contribution < 1.29 is 9.90 Å². The van der Waals surface area contributed by atoms with Crippen molar-refractivity contribution >= 4 is 23.2 Å². The van der Waals surface area contributed by atoms with Gasteiger partial charge in [-0.15, -0.1) is 0 Å². The standard InChI is InChI=1S/C14H18ClN3O2/c1-3-6-14(2,13(19)20)16-7-11-9-18-8-10(15)4-5-12(18)17-11/h4-5,8-9,16H,3,6-7H2,1-2H3,(H,19,20). The fourth-order valence-electron chi connectivity index (χ4n) is 2.16. The first-order chi connectivity index (χ1) is 9.44. The first kappa shape index (κ1) is 14.8. The molecule has 0 saturated carbocycles. The fraction of sp³-hybridized carbons (Fsp3) is 0.429. The van der Waals surface area contributed by atoms with E-state index >= 15 is 0 Å². The lowest BCUT2D eigenvalue weighted by molar-refractivity contribution is -0.144. The summed E-state index contributed by atoms with van der Waals surface area (Å²) in [5.74, 6) is -0.842. The van der Waals surface area contributed by atoms with Crippen molar-refractivity contribution in [3.8, 4) is 0 Å². The summed E-state index contributed by atoms with van der Waals surface area (Å²) < 4.78 is 1.83. The molecule has 0 amide bonds. The summed E-state index contributed by atoms with van der Waals surface area (Å²) in [6, 6.07) is 3.60. The third-order valence-corrected chi connectivity index (χ3v) is 3.57. The van der Waals surface area contributed by atoms with Crippen LogP contribution in [0.15, 0.2) is 24.5 Å². The van der Waals surface area contributed by atoms with Crippen molar-refractivity contribution in [2.75, 3.05) is 0 Å². The molecular formula is C14H18ClN3O2. The summed E-state index contributed by atoms with van der Waals surface area (Å²) >= 11 is 5.92. The van der Waals surface area contributed by atoms with Crippen LogP contribution in [0.5, 0.6) is 0 Å². The average Bonchev–Trinajstić information content (AvgIpc) is 2.78. The molecule has 108 valence electrons. The molecule has 0 aliphatic rings. The number of carbonyl (C=O) groups is 1. The molecule has 2 rings (SSSR count). The highest BCUT2D eigenvalue weighted by Gasteiger charge is 2.31. The van der Waals surface area contributed by atoms with Gasteiger partial charge in [0.1, 0.15) is 11.2 Å². The highest BCUT2D eigenvalue weighted by Crippen LogP contribution is 2.15. The Morgan fingerprint density at radius 2 is 2.25 bits per heavy atom. The largest absolute Gasteiger partial charge is 0.480 e. The number of rotatable bonds is 6. The number of imidazole rings is 1. The number of nitrogens with zero attached hydrogens (tertiary/aromatic N) is 2. The van der Waals surface area contributed by atoms with Crippen LogP contribution < -0.4 is 5.32 Å². The maximum atomic E-state index is 11.3. The molecule has 0 saturated heterocycles. The molecular weight excluding hydrogens is 278 g/mol. The molecule has 2 heterocycles. The van der Waals surface area contributed by atoms with Crippen LogP contribution in [0.3, 0.4) is 0 Å². The van der Waals surface area contributed by atoms with Crippen LogP contribution >= 0.6 is 11.6 Å². The number of nitrogens with one attached hydrogen (secondary N) is 1. The highest BCUT2D eigenvalue weighted by molar-refractivity contribution is 6.30. The normalized spacial score (nSPS) is 14.3. The van der Waals surface area contributed by atoms with Gasteiger partial charge in [0.05, 0.1) is 10.7 Å². The third-order valence-electron chi connectivity index (χ3n) is 3.35. The van der Waals surface area contributed by atoms with Crippen LogP contribution in [0.25, 0.3) is 5.65 Å². The lowest BCUT2D eigenvalue weighted by Crippen LogP contribution is -2.48. The van der Waals surface area contributed by atoms with Crippen molar-refractivity contribution in [2.24, 2.45) is 0 Å². The van der Waals surface area contributed by atoms with Gasteiger partial charge in [0.25, 0.3) is 0 Å². The molecule has 0 bridgehead atoms. The molecule has 0 aliphatic heterocycles. The number of hydrogen-bond acceptors (Lipinski definition) is 3. The molecule has 2 N–H and O–H groups in total. The molecule has 6 heteroatoms. The monoisotopic (exact) mass is 295 g/mol. The quantitative estimate of drug-likeness (QED) is 0.860. The molecule has 0 fully saturated rings. The summed E-state index contributed by atoms with van der Waals surface area (Å²) in [7, 11) is 0. The molecule has 1 unspecified atom stereocenters. The molecule has 1 atom stereocenters. The Kier molecular flexibility index (Phi) is 4.30. The number of carboxylic acid groups (broad SMARTS) is 1. The smallest absolute Gasteiger partial charge is 0.323 e. The number of halogens is 1. The van der Waals surface area contributed by atoms with Gasteiger partial charge < -0.3 is 9.51 Å². The Morgan fingerprint density at radius 1 is 1.50 bits per heavy atom. The molecule has 5 nitrogen and oxygen atoms in total. The van der Waals surface area contributed by atoms with E-state index in [1.165, 1.54) is 0 Å². The second-order valence-electron chi connectivity index (χ2n) is 5.09. The van der Waals surface area contributed by atoms with Gasteiger partial charge in [-0.1, -0.05) is 24.9 Å². The van der Waals surface area contributed by atoms with Crippen LogP contribution in [-0.2, 0) is 11.3 Å². The van der Waals surface area contributed by atoms with Crippen LogP contribution in [0.1, 0.15) is 32.4 Å². The van der Waals surface area contributed by atoms with Crippen LogP contribution in [0.2, 0.25) is 5.02 Å². The second kappa shape index (κ2) is 5.81. The van der Waals surface area contributed by atoms with Crippen molar-refractivity contribution in [3.63, 3.8) is 0 Å². The molecule has 2 aromatic rings. The Balaban J connectivity index is 2.13. The van der Waals surface area contributed by atoms with Crippen molar-refractivity contribution in [1.29, 1.82) is 0 Å². The van der Waals surface area contributed by atoms with Crippen LogP contribution in [0.4, 0.5) is 0 Å². The van der Waals surface area contributed by atoms with E-state index in [0.29, 0.717) is 18.0 Å². The number of aromatic nitrogens is 2. The van der Waals surface area contributed by atoms with E-state index < -0.39 is 11.5 Å². The number of fused-ring (bicyclic) bond motifs is 1. The highest BCUT2D eigenvalue weighted by atomic mass is 35.5. The summed E-state index contributed by atoms with van der Waals surface area (Å²) in [5, 5.41) is 13.0. The number of pyridine rings is 1. The molecule has 0 aromatic carbocycles. The van der Waals surface area contributed by atoms with E-state index in [0.717, 1.165) is 17.8 Å². The van der Waals surface area contributed by atoms with Gasteiger partial charge >= 0.3 is 5.97 Å². The lowest BCUT2D eigenvalue weighted by atomic mass is 9.96. The number of aliphatic carboxylic acids is 1. The zero-order chi connectivity index (χ0) is 14.8. The van der Waals surface area contributed by atoms with Crippen molar-refractivity contribution in [1.82, 2.24) is 14.7 Å². The van der Waals surface area contributed by atoms with E-state index in [1.807, 2.05) is 23.6 Å². The molecule has 2 aromatic heterocycles. The second-order valence-corrected chi connectivity index (χ2v) is 5.52. The predicted molar refractivity (Wildman–Crippen MR) is 78.0 cm³/mol. The van der Waals surface area contributed by atoms with Crippen LogP contribution in [0, 0.1) is 0 Å². The van der Waals surface area contributed by atoms with Crippen LogP contribution in [-0.4, -0.2) is 26.0 Å². The minimum Gasteiger partial charge on any atom is -0.480 e. The Hall–Kier alpha value is -1.59. The fourth-order valence-corrected chi connectivity index (χ4v) is 2.33. The Labute approximate surface area is 122 Å². The minimum atomic E-state index is -0.928. The van der Waals surface area contributed by atoms with E-state index in [9.17, 15) is 9.90 Å². The topological polar surface area (TPSA) is 66.6 Å². The Bertz CT molecular complexity index is 626. The SMILES string of the molecule is CCCC(C)(NCc1cn2cc(Cl)ccc2n1)C(=O)O. The zero-order valence-electron chi connectivity index (χ0n) is 11.6. The molecule has 0 aliphatic carbocycles. The number of carboxylic acids is 1. The maximum Gasteiger partial charge on any atom is 0.323 e. The Morgan fingerprint density at radius 3 is 2.90 bits per heavy atom. The van der Waals surface area contributed by atoms with E-state index in [4.69, 9.17) is 11.6 Å². The predicted octanol–water partition coefficient (Wildman–Crippen LogP) is 2.72. The van der Waals surface area contributed by atoms with Gasteiger partial charge in [-0.3, -0.25) is 10.1 Å². The third kappa shape index (κ3) is 3.11. The summed E-state index contributed by atoms with van der Waals surface area (Å²) in [6.07, 6.45) is 5.00. The molecule has 0 radical (unpaired) electrons. The van der Waals surface area contributed by atoms with E-state index in [1.54, 1.807) is 19.2 Å². The first-order valence-electron chi connectivity index (χ1n) is 6.56. The average molecular weight is 296 g/mol.